The van der Waals surface area contributed by atoms with Gasteiger partial charge >= 0.3 is 17.7 Å². The van der Waals surface area contributed by atoms with E-state index in [1.807, 2.05) is 12.1 Å². The number of carbonyl (C=O) groups is 1. The maximum absolute atomic E-state index is 12.6. The molecule has 1 fully saturated rings. The lowest BCUT2D eigenvalue weighted by Crippen LogP contribution is -2.47. The Hall–Kier alpha value is -3.67. The highest BCUT2D eigenvalue weighted by molar-refractivity contribution is 5.81. The van der Waals surface area contributed by atoms with Gasteiger partial charge in [-0.05, 0) is 24.1 Å². The molecule has 1 aliphatic rings. The van der Waals surface area contributed by atoms with Crippen LogP contribution in [0.2, 0.25) is 0 Å². The number of nitrogens with one attached hydrogen (secondary N) is 1. The van der Waals surface area contributed by atoms with Crippen molar-refractivity contribution in [3.8, 4) is 6.01 Å². The molecule has 35 heavy (non-hydrogen) atoms. The molecule has 3 aromatic heterocycles. The standard InChI is InChI=1S/C23H32N8O4/c1-3-4-13-35-22-27-20(24)19-21(28-22)31(23(33)26-19)12-9-29-7-10-30(11-8-29)17-14-16(5-6-25-17)15-18(32)34-2/h5-6,14H,3-4,7-13,15H2,1-2H3,(H,26,33)(H2,24,27,28). The first-order valence-corrected chi connectivity index (χ1v) is 11.9. The van der Waals surface area contributed by atoms with Gasteiger partial charge in [-0.3, -0.25) is 14.3 Å². The average Bonchev–Trinajstić information content (AvgIpc) is 3.19. The van der Waals surface area contributed by atoms with Crippen LogP contribution in [0, 0.1) is 0 Å². The molecule has 1 aliphatic heterocycles. The Labute approximate surface area is 203 Å². The molecule has 188 valence electrons. The molecule has 0 saturated carbocycles. The summed E-state index contributed by atoms with van der Waals surface area (Å²) in [5, 5.41) is 0. The minimum atomic E-state index is -0.272. The number of aromatic nitrogens is 5. The number of ether oxygens (including phenoxy) is 2. The van der Waals surface area contributed by atoms with Crippen LogP contribution in [0.15, 0.2) is 23.1 Å². The van der Waals surface area contributed by atoms with E-state index in [-0.39, 0.29) is 29.9 Å². The third-order valence-electron chi connectivity index (χ3n) is 6.08. The van der Waals surface area contributed by atoms with Crippen molar-refractivity contribution in [3.63, 3.8) is 0 Å². The number of rotatable bonds is 10. The molecule has 12 heteroatoms. The van der Waals surface area contributed by atoms with Crippen LogP contribution in [0.5, 0.6) is 6.01 Å². The van der Waals surface area contributed by atoms with Gasteiger partial charge in [-0.2, -0.15) is 9.97 Å². The predicted molar refractivity (Wildman–Crippen MR) is 132 cm³/mol. The fourth-order valence-corrected chi connectivity index (χ4v) is 4.03. The average molecular weight is 485 g/mol. The van der Waals surface area contributed by atoms with Crippen LogP contribution in [-0.2, 0) is 22.5 Å². The lowest BCUT2D eigenvalue weighted by Gasteiger charge is -2.35. The lowest BCUT2D eigenvalue weighted by atomic mass is 10.2. The number of carbonyl (C=O) groups excluding carboxylic acids is 1. The first kappa shape index (κ1) is 24.5. The smallest absolute Gasteiger partial charge is 0.327 e. The lowest BCUT2D eigenvalue weighted by molar-refractivity contribution is -0.139. The molecule has 4 heterocycles. The molecule has 0 bridgehead atoms. The fourth-order valence-electron chi connectivity index (χ4n) is 4.03. The van der Waals surface area contributed by atoms with Gasteiger partial charge in [0.2, 0.25) is 0 Å². The third-order valence-corrected chi connectivity index (χ3v) is 6.08. The molecule has 3 N–H and O–H groups in total. The Bertz CT molecular complexity index is 1220. The number of piperazine rings is 1. The van der Waals surface area contributed by atoms with Crippen molar-refractivity contribution < 1.29 is 14.3 Å². The number of nitrogens with zero attached hydrogens (tertiary/aromatic N) is 6. The summed E-state index contributed by atoms with van der Waals surface area (Å²) in [6, 6.07) is 3.95. The molecule has 0 radical (unpaired) electrons. The highest BCUT2D eigenvalue weighted by Crippen LogP contribution is 2.19. The number of aromatic amines is 1. The van der Waals surface area contributed by atoms with E-state index in [0.717, 1.165) is 50.4 Å². The zero-order chi connectivity index (χ0) is 24.8. The van der Waals surface area contributed by atoms with E-state index in [9.17, 15) is 9.59 Å². The Morgan fingerprint density at radius 2 is 2.00 bits per heavy atom. The van der Waals surface area contributed by atoms with Crippen LogP contribution in [0.3, 0.4) is 0 Å². The molecule has 0 amide bonds. The van der Waals surface area contributed by atoms with Gasteiger partial charge in [0.1, 0.15) is 11.3 Å². The fraction of sp³-hybridized carbons (Fsp3) is 0.522. The number of nitrogen functional groups attached to an aromatic ring is 1. The highest BCUT2D eigenvalue weighted by atomic mass is 16.5. The van der Waals surface area contributed by atoms with E-state index in [1.54, 1.807) is 10.8 Å². The predicted octanol–water partition coefficient (Wildman–Crippen LogP) is 0.813. The third kappa shape index (κ3) is 5.88. The van der Waals surface area contributed by atoms with Crippen LogP contribution in [0.4, 0.5) is 11.6 Å². The molecule has 0 aliphatic carbocycles. The number of hydrogen-bond donors (Lipinski definition) is 2. The van der Waals surface area contributed by atoms with Gasteiger partial charge in [-0.15, -0.1) is 0 Å². The second kappa shape index (κ2) is 11.2. The largest absolute Gasteiger partial charge is 0.469 e. The number of pyridine rings is 1. The van der Waals surface area contributed by atoms with Gasteiger partial charge in [-0.1, -0.05) is 13.3 Å². The van der Waals surface area contributed by atoms with Crippen LogP contribution in [0.1, 0.15) is 25.3 Å². The summed E-state index contributed by atoms with van der Waals surface area (Å²) in [6.07, 6.45) is 3.83. The Kier molecular flexibility index (Phi) is 7.80. The van der Waals surface area contributed by atoms with Crippen LogP contribution >= 0.6 is 0 Å². The minimum Gasteiger partial charge on any atom is -0.469 e. The van der Waals surface area contributed by atoms with Gasteiger partial charge in [0.05, 0.1) is 20.1 Å². The van der Waals surface area contributed by atoms with Crippen molar-refractivity contribution in [2.45, 2.75) is 32.7 Å². The Morgan fingerprint density at radius 3 is 2.74 bits per heavy atom. The number of fused-ring (bicyclic) bond motifs is 1. The van der Waals surface area contributed by atoms with Crippen molar-refractivity contribution in [1.82, 2.24) is 29.4 Å². The second-order valence-electron chi connectivity index (χ2n) is 8.48. The van der Waals surface area contributed by atoms with Crippen molar-refractivity contribution in [2.24, 2.45) is 0 Å². The topological polar surface area (TPSA) is 144 Å². The molecule has 0 atom stereocenters. The highest BCUT2D eigenvalue weighted by Gasteiger charge is 2.20. The number of anilines is 2. The van der Waals surface area contributed by atoms with Crippen LogP contribution < -0.4 is 21.1 Å². The molecular formula is C23H32N8O4. The van der Waals surface area contributed by atoms with E-state index < -0.39 is 0 Å². The van der Waals surface area contributed by atoms with E-state index in [0.29, 0.717) is 30.9 Å². The monoisotopic (exact) mass is 484 g/mol. The molecule has 12 nitrogen and oxygen atoms in total. The molecule has 0 spiro atoms. The summed E-state index contributed by atoms with van der Waals surface area (Å²) in [5.74, 6) is 0.778. The van der Waals surface area contributed by atoms with Gasteiger partial charge in [0.15, 0.2) is 11.5 Å². The molecular weight excluding hydrogens is 452 g/mol. The maximum atomic E-state index is 12.6. The van der Waals surface area contributed by atoms with Crippen molar-refractivity contribution in [3.05, 3.63) is 34.4 Å². The SMILES string of the molecule is CCCCOc1nc(N)c2[nH]c(=O)n(CCN3CCN(c4cc(CC(=O)OC)ccn4)CC3)c2n1. The number of nitrogens with two attached hydrogens (primary N) is 1. The van der Waals surface area contributed by atoms with E-state index in [1.165, 1.54) is 7.11 Å². The minimum absolute atomic E-state index is 0.187. The van der Waals surface area contributed by atoms with Crippen LogP contribution in [-0.4, -0.2) is 81.8 Å². The quantitative estimate of drug-likeness (QED) is 0.313. The normalized spacial score (nSPS) is 14.4. The Balaban J connectivity index is 1.37. The van der Waals surface area contributed by atoms with E-state index in [2.05, 4.69) is 36.7 Å². The molecule has 0 unspecified atom stereocenters. The summed E-state index contributed by atoms with van der Waals surface area (Å²) in [4.78, 5) is 44.5. The first-order valence-electron chi connectivity index (χ1n) is 11.9. The number of unbranched alkanes of at least 4 members (excludes halogenated alkanes) is 1. The van der Waals surface area contributed by atoms with Crippen molar-refractivity contribution in [2.75, 3.05) is 57.1 Å². The summed E-state index contributed by atoms with van der Waals surface area (Å²) in [6.45, 7) is 6.96. The van der Waals surface area contributed by atoms with Gasteiger partial charge in [-0.25, -0.2) is 9.78 Å². The first-order chi connectivity index (χ1) is 17.0. The van der Waals surface area contributed by atoms with Gasteiger partial charge < -0.3 is 25.1 Å². The Morgan fingerprint density at radius 1 is 1.20 bits per heavy atom. The van der Waals surface area contributed by atoms with E-state index in [4.69, 9.17) is 15.2 Å². The van der Waals surface area contributed by atoms with Crippen LogP contribution in [0.25, 0.3) is 11.2 Å². The zero-order valence-electron chi connectivity index (χ0n) is 20.2. The number of imidazole rings is 1. The van der Waals surface area contributed by atoms with Crippen molar-refractivity contribution >= 4 is 28.8 Å². The van der Waals surface area contributed by atoms with E-state index >= 15 is 0 Å². The number of esters is 1. The molecule has 3 aromatic rings. The summed E-state index contributed by atoms with van der Waals surface area (Å²) >= 11 is 0. The molecule has 1 saturated heterocycles. The van der Waals surface area contributed by atoms with Gasteiger partial charge in [0.25, 0.3) is 0 Å². The number of H-pyrrole nitrogens is 1. The van der Waals surface area contributed by atoms with Gasteiger partial charge in [0, 0.05) is 45.5 Å². The summed E-state index contributed by atoms with van der Waals surface area (Å²) in [5.41, 5.74) is 7.54. The number of methoxy groups -OCH3 is 1. The molecule has 4 rings (SSSR count). The number of hydrogen-bond acceptors (Lipinski definition) is 10. The molecule has 0 aromatic carbocycles. The van der Waals surface area contributed by atoms with Crippen molar-refractivity contribution in [1.29, 1.82) is 0 Å². The summed E-state index contributed by atoms with van der Waals surface area (Å²) in [7, 11) is 1.39. The second-order valence-corrected chi connectivity index (χ2v) is 8.48. The zero-order valence-corrected chi connectivity index (χ0v) is 20.2. The maximum Gasteiger partial charge on any atom is 0.327 e. The summed E-state index contributed by atoms with van der Waals surface area (Å²) < 4.78 is 11.9.